The summed E-state index contributed by atoms with van der Waals surface area (Å²) in [5.74, 6) is 0.937. The molecule has 1 unspecified atom stereocenters. The number of imidazole rings is 1. The summed E-state index contributed by atoms with van der Waals surface area (Å²) >= 11 is 0. The van der Waals surface area contributed by atoms with E-state index in [2.05, 4.69) is 29.2 Å². The number of hydrogen-bond acceptors (Lipinski definition) is 4. The summed E-state index contributed by atoms with van der Waals surface area (Å²) in [6, 6.07) is 12.3. The number of nitrogens with zero attached hydrogens (tertiary/aromatic N) is 3. The zero-order valence-electron chi connectivity index (χ0n) is 18.2. The zero-order chi connectivity index (χ0) is 22.1. The summed E-state index contributed by atoms with van der Waals surface area (Å²) in [5, 5.41) is 12.8. The van der Waals surface area contributed by atoms with E-state index < -0.39 is 0 Å². The smallest absolute Gasteiger partial charge is 0.233 e. The SMILES string of the molecule is O=CN(O)CC(CC1CCCC1)C(=O)N1CCC[C@H]1c1nc2cc3ccccc3cc2[nH]1. The van der Waals surface area contributed by atoms with E-state index in [9.17, 15) is 14.8 Å². The molecule has 0 radical (unpaired) electrons. The van der Waals surface area contributed by atoms with E-state index in [0.29, 0.717) is 23.9 Å². The molecule has 1 saturated carbocycles. The van der Waals surface area contributed by atoms with Crippen molar-refractivity contribution in [1.82, 2.24) is 19.9 Å². The molecule has 7 heteroatoms. The van der Waals surface area contributed by atoms with Gasteiger partial charge in [0.25, 0.3) is 0 Å². The number of benzene rings is 2. The normalized spacial score (nSPS) is 20.3. The van der Waals surface area contributed by atoms with Gasteiger partial charge in [-0.3, -0.25) is 14.8 Å². The van der Waals surface area contributed by atoms with Gasteiger partial charge in [0.05, 0.1) is 29.5 Å². The standard InChI is InChI=1S/C25H30N4O3/c30-16-28(32)15-20(12-17-6-1-2-7-17)25(31)29-11-5-10-23(29)24-26-21-13-18-8-3-4-9-19(18)14-22(21)27-24/h3-4,8-9,13-14,16-17,20,23,32H,1-2,5-7,10-12,15H2,(H,26,27)/t20?,23-/m0/s1. The van der Waals surface area contributed by atoms with E-state index in [1.54, 1.807) is 0 Å². The van der Waals surface area contributed by atoms with E-state index in [0.717, 1.165) is 59.7 Å². The minimum atomic E-state index is -0.388. The molecule has 2 heterocycles. The summed E-state index contributed by atoms with van der Waals surface area (Å²) in [6.07, 6.45) is 7.52. The number of aromatic nitrogens is 2. The van der Waals surface area contributed by atoms with Crippen LogP contribution < -0.4 is 0 Å². The Morgan fingerprint density at radius 3 is 2.69 bits per heavy atom. The van der Waals surface area contributed by atoms with E-state index in [1.807, 2.05) is 17.0 Å². The lowest BCUT2D eigenvalue weighted by molar-refractivity contribution is -0.157. The quantitative estimate of drug-likeness (QED) is 0.327. The van der Waals surface area contributed by atoms with Gasteiger partial charge in [0, 0.05) is 6.54 Å². The van der Waals surface area contributed by atoms with E-state index in [4.69, 9.17) is 4.98 Å². The number of rotatable bonds is 7. The second kappa shape index (κ2) is 8.90. The van der Waals surface area contributed by atoms with Gasteiger partial charge in [-0.1, -0.05) is 49.9 Å². The summed E-state index contributed by atoms with van der Waals surface area (Å²) < 4.78 is 0. The minimum absolute atomic E-state index is 0.0194. The van der Waals surface area contributed by atoms with Gasteiger partial charge in [0.2, 0.25) is 12.3 Å². The summed E-state index contributed by atoms with van der Waals surface area (Å²) in [4.78, 5) is 34.9. The van der Waals surface area contributed by atoms with Crippen molar-refractivity contribution in [2.75, 3.05) is 13.1 Å². The molecule has 1 aliphatic heterocycles. The summed E-state index contributed by atoms with van der Waals surface area (Å²) in [5.41, 5.74) is 1.88. The first-order valence-electron chi connectivity index (χ1n) is 11.7. The number of nitrogens with one attached hydrogen (secondary N) is 1. The van der Waals surface area contributed by atoms with Crippen LogP contribution in [0.4, 0.5) is 0 Å². The second-order valence-electron chi connectivity index (χ2n) is 9.34. The third kappa shape index (κ3) is 4.09. The number of aromatic amines is 1. The predicted molar refractivity (Wildman–Crippen MR) is 122 cm³/mol. The van der Waals surface area contributed by atoms with Crippen LogP contribution in [0.15, 0.2) is 36.4 Å². The van der Waals surface area contributed by atoms with Crippen molar-refractivity contribution in [3.8, 4) is 0 Å². The van der Waals surface area contributed by atoms with Crippen LogP contribution in [-0.4, -0.2) is 50.5 Å². The molecule has 2 atom stereocenters. The first kappa shape index (κ1) is 20.9. The van der Waals surface area contributed by atoms with E-state index >= 15 is 0 Å². The Hall–Kier alpha value is -2.93. The Labute approximate surface area is 187 Å². The van der Waals surface area contributed by atoms with Crippen LogP contribution >= 0.6 is 0 Å². The van der Waals surface area contributed by atoms with E-state index in [1.165, 1.54) is 12.8 Å². The van der Waals surface area contributed by atoms with Gasteiger partial charge >= 0.3 is 0 Å². The van der Waals surface area contributed by atoms with Gasteiger partial charge in [-0.25, -0.2) is 10.0 Å². The van der Waals surface area contributed by atoms with Crippen LogP contribution in [0.5, 0.6) is 0 Å². The molecule has 1 aliphatic carbocycles. The molecule has 7 nitrogen and oxygen atoms in total. The molecule has 5 rings (SSSR count). The fourth-order valence-corrected chi connectivity index (χ4v) is 5.59. The molecule has 1 saturated heterocycles. The van der Waals surface area contributed by atoms with Crippen LogP contribution in [0.1, 0.15) is 56.8 Å². The Bertz CT molecular complexity index is 1070. The third-order valence-electron chi connectivity index (χ3n) is 7.19. The minimum Gasteiger partial charge on any atom is -0.340 e. The predicted octanol–water partition coefficient (Wildman–Crippen LogP) is 4.42. The van der Waals surface area contributed by atoms with Crippen molar-refractivity contribution in [1.29, 1.82) is 0 Å². The van der Waals surface area contributed by atoms with Gasteiger partial charge in [-0.05, 0) is 48.1 Å². The van der Waals surface area contributed by atoms with Crippen LogP contribution in [0.3, 0.4) is 0 Å². The Balaban J connectivity index is 1.41. The number of hydrogen-bond donors (Lipinski definition) is 2. The van der Waals surface area contributed by atoms with Gasteiger partial charge in [-0.15, -0.1) is 0 Å². The van der Waals surface area contributed by atoms with Crippen molar-refractivity contribution in [3.63, 3.8) is 0 Å². The third-order valence-corrected chi connectivity index (χ3v) is 7.19. The Kier molecular flexibility index (Phi) is 5.83. The molecule has 168 valence electrons. The van der Waals surface area contributed by atoms with Crippen LogP contribution in [-0.2, 0) is 9.59 Å². The molecule has 0 bridgehead atoms. The number of hydroxylamine groups is 2. The van der Waals surface area contributed by atoms with Crippen molar-refractivity contribution in [3.05, 3.63) is 42.2 Å². The van der Waals surface area contributed by atoms with Crippen molar-refractivity contribution >= 4 is 34.1 Å². The summed E-state index contributed by atoms with van der Waals surface area (Å²) in [6.45, 7) is 0.726. The topological polar surface area (TPSA) is 89.5 Å². The van der Waals surface area contributed by atoms with Crippen LogP contribution in [0.25, 0.3) is 21.8 Å². The number of amides is 2. The number of carbonyl (C=O) groups is 2. The second-order valence-corrected chi connectivity index (χ2v) is 9.34. The molecule has 2 amide bonds. The fourth-order valence-electron chi connectivity index (χ4n) is 5.59. The van der Waals surface area contributed by atoms with Crippen molar-refractivity contribution in [2.45, 2.75) is 51.0 Å². The molecule has 2 N–H and O–H groups in total. The highest BCUT2D eigenvalue weighted by Crippen LogP contribution is 2.36. The van der Waals surface area contributed by atoms with Gasteiger partial charge in [0.1, 0.15) is 5.82 Å². The van der Waals surface area contributed by atoms with Crippen LogP contribution in [0.2, 0.25) is 0 Å². The molecular formula is C25H30N4O3. The first-order chi connectivity index (χ1) is 15.6. The number of carbonyl (C=O) groups excluding carboxylic acids is 2. The monoisotopic (exact) mass is 434 g/mol. The first-order valence-corrected chi connectivity index (χ1v) is 11.7. The Morgan fingerprint density at radius 2 is 1.94 bits per heavy atom. The number of H-pyrrole nitrogens is 1. The highest BCUT2D eigenvalue weighted by Gasteiger charge is 2.37. The van der Waals surface area contributed by atoms with Crippen molar-refractivity contribution in [2.24, 2.45) is 11.8 Å². The Morgan fingerprint density at radius 1 is 1.19 bits per heavy atom. The molecule has 3 aromatic rings. The average Bonchev–Trinajstić information content (AvgIpc) is 3.56. The molecule has 2 fully saturated rings. The van der Waals surface area contributed by atoms with Gasteiger partial charge < -0.3 is 9.88 Å². The number of fused-ring (bicyclic) bond motifs is 2. The molecular weight excluding hydrogens is 404 g/mol. The zero-order valence-corrected chi connectivity index (χ0v) is 18.2. The average molecular weight is 435 g/mol. The summed E-state index contributed by atoms with van der Waals surface area (Å²) in [7, 11) is 0. The maximum absolute atomic E-state index is 13.6. The lowest BCUT2D eigenvalue weighted by atomic mass is 9.91. The van der Waals surface area contributed by atoms with Gasteiger partial charge in [0.15, 0.2) is 0 Å². The molecule has 0 spiro atoms. The van der Waals surface area contributed by atoms with Gasteiger partial charge in [-0.2, -0.15) is 0 Å². The van der Waals surface area contributed by atoms with E-state index in [-0.39, 0.29) is 24.4 Å². The van der Waals surface area contributed by atoms with Crippen LogP contribution in [0, 0.1) is 11.8 Å². The number of likely N-dealkylation sites (tertiary alicyclic amines) is 1. The highest BCUT2D eigenvalue weighted by molar-refractivity contribution is 5.95. The maximum atomic E-state index is 13.6. The van der Waals surface area contributed by atoms with Crippen molar-refractivity contribution < 1.29 is 14.8 Å². The lowest BCUT2D eigenvalue weighted by Gasteiger charge is -2.30. The molecule has 2 aromatic carbocycles. The maximum Gasteiger partial charge on any atom is 0.233 e. The largest absolute Gasteiger partial charge is 0.340 e. The fraction of sp³-hybridized carbons (Fsp3) is 0.480. The molecule has 32 heavy (non-hydrogen) atoms. The molecule has 1 aromatic heterocycles. The molecule has 2 aliphatic rings. The lowest BCUT2D eigenvalue weighted by Crippen LogP contribution is -2.41. The highest BCUT2D eigenvalue weighted by atomic mass is 16.5.